The first-order valence-corrected chi connectivity index (χ1v) is 5.84. The molecule has 0 saturated carbocycles. The van der Waals surface area contributed by atoms with Crippen molar-refractivity contribution in [3.63, 3.8) is 0 Å². The van der Waals surface area contributed by atoms with Gasteiger partial charge in [0.05, 0.1) is 17.4 Å². The van der Waals surface area contributed by atoms with Crippen LogP contribution in [0.1, 0.15) is 21.5 Å². The number of carboxylic acids is 1. The number of aryl methyl sites for hydroxylation is 1. The first-order valence-electron chi connectivity index (χ1n) is 5.04. The van der Waals surface area contributed by atoms with E-state index in [9.17, 15) is 4.79 Å². The molecule has 0 aliphatic carbocycles. The van der Waals surface area contributed by atoms with Crippen LogP contribution in [0.2, 0.25) is 0 Å². The van der Waals surface area contributed by atoms with Crippen molar-refractivity contribution in [2.75, 3.05) is 0 Å². The molecule has 0 saturated heterocycles. The Labute approximate surface area is 107 Å². The zero-order chi connectivity index (χ0) is 12.6. The van der Waals surface area contributed by atoms with E-state index >= 15 is 0 Å². The van der Waals surface area contributed by atoms with Crippen LogP contribution in [0.25, 0.3) is 5.69 Å². The first kappa shape index (κ1) is 11.9. The fourth-order valence-electron chi connectivity index (χ4n) is 1.62. The molecule has 0 radical (unpaired) electrons. The Bertz CT molecular complexity index is 590. The molecule has 88 valence electrons. The second kappa shape index (κ2) is 4.33. The molecule has 0 aliphatic rings. The summed E-state index contributed by atoms with van der Waals surface area (Å²) in [6.45, 7) is 3.97. The van der Waals surface area contributed by atoms with E-state index in [4.69, 9.17) is 5.11 Å². The second-order valence-corrected chi connectivity index (χ2v) is 4.61. The van der Waals surface area contributed by atoms with Gasteiger partial charge in [-0.25, -0.2) is 9.48 Å². The molecule has 0 unspecified atom stereocenters. The minimum Gasteiger partial charge on any atom is -0.478 e. The lowest BCUT2D eigenvalue weighted by Gasteiger charge is -2.09. The van der Waals surface area contributed by atoms with Gasteiger partial charge in [0.15, 0.2) is 0 Å². The highest BCUT2D eigenvalue weighted by Crippen LogP contribution is 2.26. The van der Waals surface area contributed by atoms with Crippen LogP contribution in [0.4, 0.5) is 0 Å². The minimum atomic E-state index is -0.972. The van der Waals surface area contributed by atoms with E-state index in [2.05, 4.69) is 21.0 Å². The van der Waals surface area contributed by atoms with Crippen LogP contribution in [0.3, 0.4) is 0 Å². The third-order valence-electron chi connectivity index (χ3n) is 2.63. The van der Waals surface area contributed by atoms with E-state index in [1.165, 1.54) is 12.4 Å². The van der Waals surface area contributed by atoms with Crippen molar-refractivity contribution in [3.05, 3.63) is 45.7 Å². The second-order valence-electron chi connectivity index (χ2n) is 3.82. The van der Waals surface area contributed by atoms with E-state index in [1.807, 2.05) is 26.0 Å². The van der Waals surface area contributed by atoms with Crippen molar-refractivity contribution in [1.29, 1.82) is 0 Å². The van der Waals surface area contributed by atoms with Gasteiger partial charge in [0.1, 0.15) is 0 Å². The molecule has 4 nitrogen and oxygen atoms in total. The molecule has 0 fully saturated rings. The fourth-order valence-corrected chi connectivity index (χ4v) is 1.96. The predicted molar refractivity (Wildman–Crippen MR) is 67.7 cm³/mol. The highest BCUT2D eigenvalue weighted by molar-refractivity contribution is 9.10. The Morgan fingerprint density at radius 2 is 2.12 bits per heavy atom. The minimum absolute atomic E-state index is 0.182. The van der Waals surface area contributed by atoms with Crippen LogP contribution in [0.5, 0.6) is 0 Å². The third-order valence-corrected chi connectivity index (χ3v) is 3.85. The molecule has 1 N–H and O–H groups in total. The molecule has 0 atom stereocenters. The molecule has 2 rings (SSSR count). The van der Waals surface area contributed by atoms with E-state index in [-0.39, 0.29) is 5.56 Å². The Morgan fingerprint density at radius 3 is 2.71 bits per heavy atom. The lowest BCUT2D eigenvalue weighted by molar-refractivity contribution is 0.0697. The van der Waals surface area contributed by atoms with Gasteiger partial charge >= 0.3 is 5.97 Å². The van der Waals surface area contributed by atoms with E-state index in [0.717, 1.165) is 21.3 Å². The molecule has 0 bridgehead atoms. The molecular weight excluding hydrogens is 284 g/mol. The SMILES string of the molecule is Cc1ccc(-n2cc(C(=O)O)cn2)c(C)c1Br. The van der Waals surface area contributed by atoms with Crippen LogP contribution < -0.4 is 0 Å². The number of aromatic nitrogens is 2. The molecule has 0 aliphatic heterocycles. The summed E-state index contributed by atoms with van der Waals surface area (Å²) >= 11 is 3.51. The molecule has 5 heteroatoms. The van der Waals surface area contributed by atoms with Gasteiger partial charge in [-0.15, -0.1) is 0 Å². The van der Waals surface area contributed by atoms with Crippen molar-refractivity contribution in [2.24, 2.45) is 0 Å². The average molecular weight is 295 g/mol. The molecule has 1 aromatic heterocycles. The zero-order valence-electron chi connectivity index (χ0n) is 9.44. The Hall–Kier alpha value is -1.62. The summed E-state index contributed by atoms with van der Waals surface area (Å²) in [5.74, 6) is -0.972. The number of carbonyl (C=O) groups is 1. The average Bonchev–Trinajstić information content (AvgIpc) is 2.75. The maximum Gasteiger partial charge on any atom is 0.338 e. The van der Waals surface area contributed by atoms with Gasteiger partial charge in [-0.3, -0.25) is 0 Å². The molecule has 2 aromatic rings. The van der Waals surface area contributed by atoms with Crippen LogP contribution in [0.15, 0.2) is 29.0 Å². The van der Waals surface area contributed by atoms with Crippen LogP contribution in [-0.4, -0.2) is 20.9 Å². The summed E-state index contributed by atoms with van der Waals surface area (Å²) in [7, 11) is 0. The molecule has 0 amide bonds. The topological polar surface area (TPSA) is 55.1 Å². The van der Waals surface area contributed by atoms with Crippen LogP contribution in [0, 0.1) is 13.8 Å². The summed E-state index contributed by atoms with van der Waals surface area (Å²) in [4.78, 5) is 10.8. The quantitative estimate of drug-likeness (QED) is 0.926. The largest absolute Gasteiger partial charge is 0.478 e. The van der Waals surface area contributed by atoms with Gasteiger partial charge in [0, 0.05) is 10.7 Å². The zero-order valence-corrected chi connectivity index (χ0v) is 11.0. The number of hydrogen-bond donors (Lipinski definition) is 1. The summed E-state index contributed by atoms with van der Waals surface area (Å²) in [5, 5.41) is 12.9. The normalized spacial score (nSPS) is 10.5. The number of aromatic carboxylic acids is 1. The van der Waals surface area contributed by atoms with Crippen LogP contribution >= 0.6 is 15.9 Å². The Balaban J connectivity index is 2.53. The molecular formula is C12H11BrN2O2. The number of halogens is 1. The number of hydrogen-bond acceptors (Lipinski definition) is 2. The maximum absolute atomic E-state index is 10.8. The standard InChI is InChI=1S/C12H11BrN2O2/c1-7-3-4-10(8(2)11(7)13)15-6-9(5-14-15)12(16)17/h3-6H,1-2H3,(H,16,17). The summed E-state index contributed by atoms with van der Waals surface area (Å²) in [5.41, 5.74) is 3.22. The van der Waals surface area contributed by atoms with Crippen molar-refractivity contribution < 1.29 is 9.90 Å². The highest BCUT2D eigenvalue weighted by atomic mass is 79.9. The smallest absolute Gasteiger partial charge is 0.338 e. The van der Waals surface area contributed by atoms with Crippen LogP contribution in [-0.2, 0) is 0 Å². The summed E-state index contributed by atoms with van der Waals surface area (Å²) < 4.78 is 2.59. The van der Waals surface area contributed by atoms with Crippen molar-refractivity contribution in [3.8, 4) is 5.69 Å². The maximum atomic E-state index is 10.8. The van der Waals surface area contributed by atoms with Gasteiger partial charge in [0.25, 0.3) is 0 Å². The molecule has 1 heterocycles. The van der Waals surface area contributed by atoms with Crippen molar-refractivity contribution >= 4 is 21.9 Å². The summed E-state index contributed by atoms with van der Waals surface area (Å²) in [6.07, 6.45) is 2.85. The van der Waals surface area contributed by atoms with Gasteiger partial charge in [-0.05, 0) is 31.0 Å². The van der Waals surface area contributed by atoms with Gasteiger partial charge in [-0.1, -0.05) is 22.0 Å². The number of carboxylic acid groups (broad SMARTS) is 1. The number of benzene rings is 1. The number of rotatable bonds is 2. The predicted octanol–water partition coefficient (Wildman–Crippen LogP) is 2.95. The van der Waals surface area contributed by atoms with Gasteiger partial charge in [-0.2, -0.15) is 5.10 Å². The monoisotopic (exact) mass is 294 g/mol. The van der Waals surface area contributed by atoms with Crippen molar-refractivity contribution in [2.45, 2.75) is 13.8 Å². The fraction of sp³-hybridized carbons (Fsp3) is 0.167. The van der Waals surface area contributed by atoms with Gasteiger partial charge in [0.2, 0.25) is 0 Å². The van der Waals surface area contributed by atoms with Crippen molar-refractivity contribution in [1.82, 2.24) is 9.78 Å². The highest BCUT2D eigenvalue weighted by Gasteiger charge is 2.10. The Morgan fingerprint density at radius 1 is 1.41 bits per heavy atom. The lowest BCUT2D eigenvalue weighted by atomic mass is 10.1. The summed E-state index contributed by atoms with van der Waals surface area (Å²) in [6, 6.07) is 3.89. The van der Waals surface area contributed by atoms with E-state index in [0.29, 0.717) is 0 Å². The molecule has 1 aromatic carbocycles. The lowest BCUT2D eigenvalue weighted by Crippen LogP contribution is -1.99. The Kier molecular flexibility index (Phi) is 3.02. The van der Waals surface area contributed by atoms with E-state index < -0.39 is 5.97 Å². The third kappa shape index (κ3) is 2.10. The molecule has 17 heavy (non-hydrogen) atoms. The van der Waals surface area contributed by atoms with E-state index in [1.54, 1.807) is 4.68 Å². The first-order chi connectivity index (χ1) is 8.00. The number of nitrogens with zero attached hydrogens (tertiary/aromatic N) is 2. The van der Waals surface area contributed by atoms with Gasteiger partial charge < -0.3 is 5.11 Å². The molecule has 0 spiro atoms.